The van der Waals surface area contributed by atoms with Crippen LogP contribution in [0.5, 0.6) is 0 Å². The summed E-state index contributed by atoms with van der Waals surface area (Å²) in [5.41, 5.74) is 0. The number of hydrogen-bond acceptors (Lipinski definition) is 2. The Hall–Kier alpha value is 0.505. The SMILES string of the molecule is [O]=[Mo](=[O])[SiH3]. The molecule has 0 atom stereocenters. The Labute approximate surface area is 32.0 Å². The van der Waals surface area contributed by atoms with Crippen molar-refractivity contribution in [1.29, 1.82) is 0 Å². The first-order valence-corrected chi connectivity index (χ1v) is 9.22. The molecular formula is H3MoO2Si. The van der Waals surface area contributed by atoms with E-state index in [9.17, 15) is 6.80 Å². The zero-order valence-electron chi connectivity index (χ0n) is 2.22. The Bertz CT molecular complexity index is 54.4. The van der Waals surface area contributed by atoms with Crippen molar-refractivity contribution >= 4 is 8.21 Å². The van der Waals surface area contributed by atoms with E-state index in [1.54, 1.807) is 0 Å². The van der Waals surface area contributed by atoms with Crippen LogP contribution in [0, 0.1) is 0 Å². The molecule has 0 heterocycles. The summed E-state index contributed by atoms with van der Waals surface area (Å²) in [7, 11) is 0.408. The Kier molecular flexibility index (Phi) is 2.02. The molecule has 0 radical (unpaired) electrons. The average molecular weight is 159 g/mol. The monoisotopic (exact) mass is 161 g/mol. The van der Waals surface area contributed by atoms with Crippen LogP contribution in [0.1, 0.15) is 0 Å². The second-order valence-electron chi connectivity index (χ2n) is 0.401. The van der Waals surface area contributed by atoms with E-state index in [4.69, 9.17) is 0 Å². The summed E-state index contributed by atoms with van der Waals surface area (Å²) >= 11 is -2.72. The van der Waals surface area contributed by atoms with Gasteiger partial charge in [0.05, 0.1) is 0 Å². The maximum absolute atomic E-state index is 9.20. The van der Waals surface area contributed by atoms with Gasteiger partial charge in [-0.1, -0.05) is 0 Å². The Balaban J connectivity index is 3.51. The van der Waals surface area contributed by atoms with Crippen LogP contribution in [0.4, 0.5) is 0 Å². The molecule has 4 heteroatoms. The van der Waals surface area contributed by atoms with Crippen LogP contribution in [0.25, 0.3) is 0 Å². The summed E-state index contributed by atoms with van der Waals surface area (Å²) in [6.45, 7) is 0. The molecule has 25 valence electrons. The van der Waals surface area contributed by atoms with Gasteiger partial charge in [0.25, 0.3) is 0 Å². The van der Waals surface area contributed by atoms with Crippen LogP contribution in [0.3, 0.4) is 0 Å². The van der Waals surface area contributed by atoms with Crippen molar-refractivity contribution in [3.8, 4) is 0 Å². The van der Waals surface area contributed by atoms with E-state index < -0.39 is 16.5 Å². The topological polar surface area (TPSA) is 34.1 Å². The van der Waals surface area contributed by atoms with Gasteiger partial charge >= 0.3 is 31.5 Å². The normalized spacial score (nSPS) is 7.00. The van der Waals surface area contributed by atoms with E-state index in [0.29, 0.717) is 8.21 Å². The van der Waals surface area contributed by atoms with E-state index >= 15 is 0 Å². The quantitative estimate of drug-likeness (QED) is 0.406. The fourth-order valence-corrected chi connectivity index (χ4v) is 0. The third-order valence-corrected chi connectivity index (χ3v) is 0. The van der Waals surface area contributed by atoms with Crippen molar-refractivity contribution in [3.05, 3.63) is 0 Å². The van der Waals surface area contributed by atoms with Crippen molar-refractivity contribution in [2.75, 3.05) is 0 Å². The van der Waals surface area contributed by atoms with Crippen LogP contribution in [0.15, 0.2) is 0 Å². The molecule has 0 aromatic heterocycles. The van der Waals surface area contributed by atoms with Gasteiger partial charge in [0.2, 0.25) is 0 Å². The van der Waals surface area contributed by atoms with E-state index in [0.717, 1.165) is 0 Å². The first kappa shape index (κ1) is 4.51. The van der Waals surface area contributed by atoms with Gasteiger partial charge in [-0.2, -0.15) is 0 Å². The van der Waals surface area contributed by atoms with E-state index in [2.05, 4.69) is 0 Å². The molecule has 0 aliphatic heterocycles. The van der Waals surface area contributed by atoms with E-state index in [-0.39, 0.29) is 0 Å². The first-order chi connectivity index (χ1) is 1.73. The Morgan fingerprint density at radius 2 is 1.50 bits per heavy atom. The molecule has 0 aliphatic carbocycles. The van der Waals surface area contributed by atoms with Gasteiger partial charge in [0.1, 0.15) is 0 Å². The molecule has 0 saturated heterocycles. The zero-order valence-corrected chi connectivity index (χ0v) is 6.23. The van der Waals surface area contributed by atoms with Crippen LogP contribution >= 0.6 is 0 Å². The first-order valence-electron chi connectivity index (χ1n) is 0.742. The predicted molar refractivity (Wildman–Crippen MR) is 11.3 cm³/mol. The van der Waals surface area contributed by atoms with Gasteiger partial charge in [-0.25, -0.2) is 0 Å². The molecule has 0 bridgehead atoms. The maximum atomic E-state index is 9.20. The minimum absolute atomic E-state index is 0.408. The van der Waals surface area contributed by atoms with E-state index in [1.807, 2.05) is 0 Å². The standard InChI is InChI=1S/Mo.2O.H3Si/h;;;1H3. The number of hydrogen-bond donors (Lipinski definition) is 0. The third kappa shape index (κ3) is 22.2. The van der Waals surface area contributed by atoms with Crippen molar-refractivity contribution < 1.29 is 23.3 Å². The molecule has 0 saturated carbocycles. The molecule has 4 heavy (non-hydrogen) atoms. The van der Waals surface area contributed by atoms with Crippen LogP contribution < -0.4 is 0 Å². The minimum atomic E-state index is -2.72. The van der Waals surface area contributed by atoms with Gasteiger partial charge < -0.3 is 0 Å². The van der Waals surface area contributed by atoms with Gasteiger partial charge in [0.15, 0.2) is 0 Å². The summed E-state index contributed by atoms with van der Waals surface area (Å²) < 4.78 is 18.4. The molecule has 0 aliphatic rings. The molecule has 0 aromatic carbocycles. The van der Waals surface area contributed by atoms with Crippen molar-refractivity contribution in [1.82, 2.24) is 0 Å². The van der Waals surface area contributed by atoms with Gasteiger partial charge in [-0.3, -0.25) is 0 Å². The van der Waals surface area contributed by atoms with E-state index in [1.165, 1.54) is 0 Å². The average Bonchev–Trinajstić information content (AvgIpc) is 0.811. The summed E-state index contributed by atoms with van der Waals surface area (Å²) in [6.07, 6.45) is 0. The van der Waals surface area contributed by atoms with Crippen LogP contribution in [-0.2, 0) is 23.3 Å². The Morgan fingerprint density at radius 3 is 1.50 bits per heavy atom. The van der Waals surface area contributed by atoms with Crippen LogP contribution in [-0.4, -0.2) is 8.21 Å². The second kappa shape index (κ2) is 1.79. The van der Waals surface area contributed by atoms with Crippen molar-refractivity contribution in [3.63, 3.8) is 0 Å². The summed E-state index contributed by atoms with van der Waals surface area (Å²) in [5, 5.41) is 0. The molecule has 0 unspecified atom stereocenters. The Morgan fingerprint density at radius 1 is 1.50 bits per heavy atom. The zero-order chi connectivity index (χ0) is 3.58. The molecule has 2 nitrogen and oxygen atoms in total. The molecule has 0 spiro atoms. The molecule has 0 rings (SSSR count). The molecular weight excluding hydrogens is 156 g/mol. The van der Waals surface area contributed by atoms with Gasteiger partial charge in [0, 0.05) is 0 Å². The fraction of sp³-hybridized carbons (Fsp3) is 0. The molecule has 0 amide bonds. The van der Waals surface area contributed by atoms with Gasteiger partial charge in [-0.05, 0) is 0 Å². The van der Waals surface area contributed by atoms with Crippen molar-refractivity contribution in [2.45, 2.75) is 0 Å². The molecule has 0 fully saturated rings. The van der Waals surface area contributed by atoms with Crippen molar-refractivity contribution in [2.24, 2.45) is 0 Å². The fourth-order valence-electron chi connectivity index (χ4n) is 0. The van der Waals surface area contributed by atoms with Gasteiger partial charge in [-0.15, -0.1) is 0 Å². The second-order valence-corrected chi connectivity index (χ2v) is 6.32. The summed E-state index contributed by atoms with van der Waals surface area (Å²) in [5.74, 6) is 0. The summed E-state index contributed by atoms with van der Waals surface area (Å²) in [6, 6.07) is 0. The summed E-state index contributed by atoms with van der Waals surface area (Å²) in [4.78, 5) is 0. The molecule has 0 N–H and O–H groups in total. The third-order valence-electron chi connectivity index (χ3n) is 0. The van der Waals surface area contributed by atoms with Crippen LogP contribution in [0.2, 0.25) is 0 Å². The number of rotatable bonds is 0. The molecule has 0 aromatic rings. The predicted octanol–water partition coefficient (Wildman–Crippen LogP) is -1.42.